The Morgan fingerprint density at radius 1 is 1.33 bits per heavy atom. The van der Waals surface area contributed by atoms with Gasteiger partial charge in [0.1, 0.15) is 0 Å². The number of benzene rings is 1. The van der Waals surface area contributed by atoms with Crippen molar-refractivity contribution in [3.63, 3.8) is 0 Å². The molecule has 0 radical (unpaired) electrons. The number of hydrogen-bond acceptors (Lipinski definition) is 3. The van der Waals surface area contributed by atoms with Crippen LogP contribution in [0.5, 0.6) is 0 Å². The van der Waals surface area contributed by atoms with Crippen molar-refractivity contribution in [2.24, 2.45) is 5.73 Å². The largest absolute Gasteiger partial charge is 0.383 e. The van der Waals surface area contributed by atoms with E-state index < -0.39 is 0 Å². The van der Waals surface area contributed by atoms with E-state index in [1.807, 2.05) is 25.1 Å². The molecule has 84 valence electrons. The standard InChI is InChI=1S/C12H20N2O/c1-12(13,10-15-2)9-14-8-11-6-4-3-5-7-11/h3-7,14H,8-10,13H2,1-2H3. The predicted octanol–water partition coefficient (Wildman–Crippen LogP) is 1.14. The maximum Gasteiger partial charge on any atom is 0.0652 e. The van der Waals surface area contributed by atoms with E-state index in [9.17, 15) is 0 Å². The van der Waals surface area contributed by atoms with Crippen LogP contribution < -0.4 is 11.1 Å². The highest BCUT2D eigenvalue weighted by molar-refractivity contribution is 5.14. The predicted molar refractivity (Wildman–Crippen MR) is 62.6 cm³/mol. The Balaban J connectivity index is 2.27. The second-order valence-electron chi connectivity index (χ2n) is 4.18. The molecule has 1 atom stereocenters. The molecule has 0 saturated carbocycles. The van der Waals surface area contributed by atoms with Gasteiger partial charge in [0.05, 0.1) is 6.61 Å². The fourth-order valence-electron chi connectivity index (χ4n) is 1.47. The summed E-state index contributed by atoms with van der Waals surface area (Å²) in [4.78, 5) is 0. The second kappa shape index (κ2) is 5.85. The summed E-state index contributed by atoms with van der Waals surface area (Å²) in [5, 5.41) is 3.32. The zero-order chi connectivity index (χ0) is 11.1. The molecule has 3 heteroatoms. The molecule has 1 aromatic carbocycles. The van der Waals surface area contributed by atoms with Gasteiger partial charge < -0.3 is 15.8 Å². The molecule has 0 amide bonds. The van der Waals surface area contributed by atoms with Gasteiger partial charge in [-0.1, -0.05) is 30.3 Å². The third-order valence-corrected chi connectivity index (χ3v) is 2.17. The van der Waals surface area contributed by atoms with E-state index in [0.717, 1.165) is 13.1 Å². The summed E-state index contributed by atoms with van der Waals surface area (Å²) in [5.74, 6) is 0. The Morgan fingerprint density at radius 2 is 2.00 bits per heavy atom. The first kappa shape index (κ1) is 12.2. The van der Waals surface area contributed by atoms with Crippen LogP contribution in [-0.2, 0) is 11.3 Å². The van der Waals surface area contributed by atoms with Crippen LogP contribution in [0.4, 0.5) is 0 Å². The summed E-state index contributed by atoms with van der Waals surface area (Å²) in [6.45, 7) is 4.14. The minimum Gasteiger partial charge on any atom is -0.383 e. The molecule has 1 rings (SSSR count). The summed E-state index contributed by atoms with van der Waals surface area (Å²) in [7, 11) is 1.67. The van der Waals surface area contributed by atoms with Crippen LogP contribution in [0.3, 0.4) is 0 Å². The molecule has 0 saturated heterocycles. The Kier molecular flexibility index (Phi) is 4.75. The summed E-state index contributed by atoms with van der Waals surface area (Å²) in [6.07, 6.45) is 0. The van der Waals surface area contributed by atoms with Gasteiger partial charge in [0.15, 0.2) is 0 Å². The maximum atomic E-state index is 6.00. The first-order valence-corrected chi connectivity index (χ1v) is 5.16. The number of ether oxygens (including phenoxy) is 1. The summed E-state index contributed by atoms with van der Waals surface area (Å²) in [6, 6.07) is 10.3. The van der Waals surface area contributed by atoms with E-state index in [1.165, 1.54) is 5.56 Å². The van der Waals surface area contributed by atoms with Crippen molar-refractivity contribution in [2.45, 2.75) is 19.0 Å². The molecule has 0 aliphatic rings. The van der Waals surface area contributed by atoms with Gasteiger partial charge >= 0.3 is 0 Å². The molecule has 3 nitrogen and oxygen atoms in total. The van der Waals surface area contributed by atoms with Crippen molar-refractivity contribution in [3.05, 3.63) is 35.9 Å². The van der Waals surface area contributed by atoms with Crippen molar-refractivity contribution in [1.82, 2.24) is 5.32 Å². The highest BCUT2D eigenvalue weighted by Crippen LogP contribution is 2.00. The molecule has 0 heterocycles. The quantitative estimate of drug-likeness (QED) is 0.737. The Hall–Kier alpha value is -0.900. The van der Waals surface area contributed by atoms with Gasteiger partial charge in [-0.3, -0.25) is 0 Å². The number of methoxy groups -OCH3 is 1. The average molecular weight is 208 g/mol. The fourth-order valence-corrected chi connectivity index (χ4v) is 1.47. The smallest absolute Gasteiger partial charge is 0.0652 e. The van der Waals surface area contributed by atoms with Gasteiger partial charge in [-0.05, 0) is 12.5 Å². The van der Waals surface area contributed by atoms with Crippen LogP contribution in [0.2, 0.25) is 0 Å². The number of nitrogens with one attached hydrogen (secondary N) is 1. The highest BCUT2D eigenvalue weighted by Gasteiger charge is 2.16. The van der Waals surface area contributed by atoms with Crippen molar-refractivity contribution in [2.75, 3.05) is 20.3 Å². The molecule has 0 aromatic heterocycles. The van der Waals surface area contributed by atoms with Gasteiger partial charge in [0.2, 0.25) is 0 Å². The molecular weight excluding hydrogens is 188 g/mol. The van der Waals surface area contributed by atoms with Gasteiger partial charge in [-0.25, -0.2) is 0 Å². The van der Waals surface area contributed by atoms with Gasteiger partial charge in [-0.15, -0.1) is 0 Å². The van der Waals surface area contributed by atoms with E-state index in [0.29, 0.717) is 6.61 Å². The maximum absolute atomic E-state index is 6.00. The molecule has 0 bridgehead atoms. The third kappa shape index (κ3) is 4.93. The van der Waals surface area contributed by atoms with Crippen LogP contribution in [0.15, 0.2) is 30.3 Å². The van der Waals surface area contributed by atoms with Crippen molar-refractivity contribution < 1.29 is 4.74 Å². The highest BCUT2D eigenvalue weighted by atomic mass is 16.5. The van der Waals surface area contributed by atoms with Crippen molar-refractivity contribution >= 4 is 0 Å². The van der Waals surface area contributed by atoms with Crippen LogP contribution in [0.1, 0.15) is 12.5 Å². The lowest BCUT2D eigenvalue weighted by atomic mass is 10.1. The fraction of sp³-hybridized carbons (Fsp3) is 0.500. The normalized spacial score (nSPS) is 14.9. The van der Waals surface area contributed by atoms with E-state index in [1.54, 1.807) is 7.11 Å². The zero-order valence-corrected chi connectivity index (χ0v) is 9.49. The van der Waals surface area contributed by atoms with Crippen LogP contribution >= 0.6 is 0 Å². The molecule has 3 N–H and O–H groups in total. The first-order chi connectivity index (χ1) is 7.14. The number of hydrogen-bond donors (Lipinski definition) is 2. The van der Waals surface area contributed by atoms with Gasteiger partial charge in [0, 0.05) is 25.7 Å². The molecule has 0 aliphatic carbocycles. The summed E-state index contributed by atoms with van der Waals surface area (Å²) < 4.78 is 5.04. The zero-order valence-electron chi connectivity index (χ0n) is 9.49. The van der Waals surface area contributed by atoms with Gasteiger partial charge in [-0.2, -0.15) is 0 Å². The molecule has 1 aromatic rings. The lowest BCUT2D eigenvalue weighted by molar-refractivity contribution is 0.139. The third-order valence-electron chi connectivity index (χ3n) is 2.17. The van der Waals surface area contributed by atoms with Crippen LogP contribution in [-0.4, -0.2) is 25.8 Å². The van der Waals surface area contributed by atoms with E-state index in [-0.39, 0.29) is 5.54 Å². The summed E-state index contributed by atoms with van der Waals surface area (Å²) >= 11 is 0. The topological polar surface area (TPSA) is 47.3 Å². The lowest BCUT2D eigenvalue weighted by Crippen LogP contribution is -2.49. The van der Waals surface area contributed by atoms with Crippen LogP contribution in [0.25, 0.3) is 0 Å². The average Bonchev–Trinajstić information content (AvgIpc) is 2.19. The molecule has 0 fully saturated rings. The molecule has 0 aliphatic heterocycles. The SMILES string of the molecule is COCC(C)(N)CNCc1ccccc1. The minimum absolute atomic E-state index is 0.302. The number of nitrogens with two attached hydrogens (primary N) is 1. The Labute approximate surface area is 91.6 Å². The van der Waals surface area contributed by atoms with Gasteiger partial charge in [0.25, 0.3) is 0 Å². The number of rotatable bonds is 6. The molecule has 15 heavy (non-hydrogen) atoms. The van der Waals surface area contributed by atoms with E-state index in [4.69, 9.17) is 10.5 Å². The lowest BCUT2D eigenvalue weighted by Gasteiger charge is -2.23. The first-order valence-electron chi connectivity index (χ1n) is 5.16. The molecule has 1 unspecified atom stereocenters. The van der Waals surface area contributed by atoms with Crippen molar-refractivity contribution in [3.8, 4) is 0 Å². The van der Waals surface area contributed by atoms with E-state index in [2.05, 4.69) is 17.4 Å². The van der Waals surface area contributed by atoms with E-state index >= 15 is 0 Å². The Morgan fingerprint density at radius 3 is 2.60 bits per heavy atom. The molecule has 0 spiro atoms. The monoisotopic (exact) mass is 208 g/mol. The second-order valence-corrected chi connectivity index (χ2v) is 4.18. The Bertz CT molecular complexity index is 272. The molecular formula is C12H20N2O. The minimum atomic E-state index is -0.302. The van der Waals surface area contributed by atoms with Crippen LogP contribution in [0, 0.1) is 0 Å². The van der Waals surface area contributed by atoms with Crippen molar-refractivity contribution in [1.29, 1.82) is 0 Å². The summed E-state index contributed by atoms with van der Waals surface area (Å²) in [5.41, 5.74) is 6.97.